The largest absolute Gasteiger partial charge is 0.313 e. The van der Waals surface area contributed by atoms with Crippen molar-refractivity contribution in [3.05, 3.63) is 22.8 Å². The zero-order valence-corrected chi connectivity index (χ0v) is 13.3. The second-order valence-electron chi connectivity index (χ2n) is 5.09. The highest BCUT2D eigenvalue weighted by Gasteiger charge is 2.17. The minimum Gasteiger partial charge on any atom is -0.313 e. The molecule has 0 aromatic carbocycles. The van der Waals surface area contributed by atoms with E-state index in [2.05, 4.69) is 39.2 Å². The van der Waals surface area contributed by atoms with Crippen LogP contribution in [0.2, 0.25) is 0 Å². The average Bonchev–Trinajstić information content (AvgIpc) is 2.37. The van der Waals surface area contributed by atoms with Crippen molar-refractivity contribution >= 4 is 27.7 Å². The van der Waals surface area contributed by atoms with E-state index in [4.69, 9.17) is 0 Å². The first-order valence-electron chi connectivity index (χ1n) is 6.72. The lowest BCUT2D eigenvalue weighted by Crippen LogP contribution is -2.34. The molecule has 2 unspecified atom stereocenters. The molecule has 18 heavy (non-hydrogen) atoms. The monoisotopic (exact) mass is 328 g/mol. The van der Waals surface area contributed by atoms with Gasteiger partial charge in [0.25, 0.3) is 0 Å². The van der Waals surface area contributed by atoms with Crippen LogP contribution in [0, 0.1) is 5.92 Å². The lowest BCUT2D eigenvalue weighted by atomic mass is 9.87. The summed E-state index contributed by atoms with van der Waals surface area (Å²) in [7, 11) is 0. The predicted molar refractivity (Wildman–Crippen MR) is 82.1 cm³/mol. The van der Waals surface area contributed by atoms with E-state index in [1.54, 1.807) is 0 Å². The summed E-state index contributed by atoms with van der Waals surface area (Å²) in [6.07, 6.45) is 7.36. The van der Waals surface area contributed by atoms with Gasteiger partial charge in [-0.3, -0.25) is 0 Å². The highest BCUT2D eigenvalue weighted by atomic mass is 79.9. The Bertz CT molecular complexity index is 355. The molecular weight excluding hydrogens is 308 g/mol. The predicted octanol–water partition coefficient (Wildman–Crippen LogP) is 4.10. The molecule has 1 saturated carbocycles. The standard InChI is InChI=1S/C14H21BrN2S/c1-11-3-2-4-13(9-11)16-7-8-18-14-6-5-12(15)10-17-14/h5-6,10-11,13,16H,2-4,7-9H2,1H3. The first-order valence-corrected chi connectivity index (χ1v) is 8.49. The van der Waals surface area contributed by atoms with Gasteiger partial charge in [-0.05, 0) is 46.8 Å². The molecule has 0 aliphatic heterocycles. The number of hydrogen-bond acceptors (Lipinski definition) is 3. The Morgan fingerprint density at radius 3 is 3.06 bits per heavy atom. The first-order chi connectivity index (χ1) is 8.74. The van der Waals surface area contributed by atoms with E-state index in [0.717, 1.165) is 33.8 Å². The second kappa shape index (κ2) is 7.51. The van der Waals surface area contributed by atoms with Crippen molar-refractivity contribution in [2.45, 2.75) is 43.7 Å². The van der Waals surface area contributed by atoms with Gasteiger partial charge in [-0.1, -0.05) is 19.8 Å². The van der Waals surface area contributed by atoms with Gasteiger partial charge in [-0.15, -0.1) is 11.8 Å². The van der Waals surface area contributed by atoms with Crippen molar-refractivity contribution in [1.29, 1.82) is 0 Å². The number of aromatic nitrogens is 1. The molecule has 1 N–H and O–H groups in total. The van der Waals surface area contributed by atoms with E-state index in [9.17, 15) is 0 Å². The molecule has 100 valence electrons. The molecule has 1 aromatic rings. The molecule has 2 atom stereocenters. The Morgan fingerprint density at radius 1 is 1.44 bits per heavy atom. The van der Waals surface area contributed by atoms with Crippen LogP contribution in [0.4, 0.5) is 0 Å². The zero-order valence-electron chi connectivity index (χ0n) is 10.9. The third-order valence-electron chi connectivity index (χ3n) is 3.42. The quantitative estimate of drug-likeness (QED) is 0.650. The third kappa shape index (κ3) is 4.90. The highest BCUT2D eigenvalue weighted by molar-refractivity contribution is 9.10. The van der Waals surface area contributed by atoms with E-state index in [-0.39, 0.29) is 0 Å². The van der Waals surface area contributed by atoms with E-state index < -0.39 is 0 Å². The Morgan fingerprint density at radius 2 is 2.33 bits per heavy atom. The minimum absolute atomic E-state index is 0.743. The fraction of sp³-hybridized carbons (Fsp3) is 0.643. The molecule has 0 amide bonds. The maximum Gasteiger partial charge on any atom is 0.0961 e. The van der Waals surface area contributed by atoms with Crippen LogP contribution < -0.4 is 5.32 Å². The lowest BCUT2D eigenvalue weighted by molar-refractivity contribution is 0.306. The SMILES string of the molecule is CC1CCCC(NCCSc2ccc(Br)cn2)C1. The minimum atomic E-state index is 0.743. The van der Waals surface area contributed by atoms with Gasteiger partial charge >= 0.3 is 0 Å². The zero-order chi connectivity index (χ0) is 12.8. The van der Waals surface area contributed by atoms with Gasteiger partial charge in [0.15, 0.2) is 0 Å². The molecule has 1 heterocycles. The van der Waals surface area contributed by atoms with E-state index in [1.165, 1.54) is 25.7 Å². The Labute approximate surface area is 122 Å². The van der Waals surface area contributed by atoms with Crippen LogP contribution in [0.3, 0.4) is 0 Å². The van der Waals surface area contributed by atoms with Crippen LogP contribution in [0.5, 0.6) is 0 Å². The lowest BCUT2D eigenvalue weighted by Gasteiger charge is -2.27. The van der Waals surface area contributed by atoms with E-state index >= 15 is 0 Å². The van der Waals surface area contributed by atoms with Crippen LogP contribution in [0.15, 0.2) is 27.8 Å². The summed E-state index contributed by atoms with van der Waals surface area (Å²) in [5, 5.41) is 4.78. The van der Waals surface area contributed by atoms with Gasteiger partial charge in [0.2, 0.25) is 0 Å². The number of pyridine rings is 1. The van der Waals surface area contributed by atoms with Crippen LogP contribution in [-0.2, 0) is 0 Å². The smallest absolute Gasteiger partial charge is 0.0961 e. The number of nitrogens with one attached hydrogen (secondary N) is 1. The summed E-state index contributed by atoms with van der Waals surface area (Å²) < 4.78 is 1.04. The van der Waals surface area contributed by atoms with Gasteiger partial charge in [-0.2, -0.15) is 0 Å². The molecule has 1 aromatic heterocycles. The summed E-state index contributed by atoms with van der Waals surface area (Å²) in [6.45, 7) is 3.45. The fourth-order valence-electron chi connectivity index (χ4n) is 2.49. The van der Waals surface area contributed by atoms with E-state index in [0.29, 0.717) is 0 Å². The molecule has 1 fully saturated rings. The maximum atomic E-state index is 4.36. The fourth-order valence-corrected chi connectivity index (χ4v) is 3.44. The molecule has 1 aliphatic rings. The summed E-state index contributed by atoms with van der Waals surface area (Å²) in [6, 6.07) is 4.86. The number of hydrogen-bond donors (Lipinski definition) is 1. The molecule has 1 aliphatic carbocycles. The van der Waals surface area contributed by atoms with E-state index in [1.807, 2.05) is 24.0 Å². The molecule has 2 nitrogen and oxygen atoms in total. The molecule has 2 rings (SSSR count). The van der Waals surface area contributed by atoms with Crippen molar-refractivity contribution < 1.29 is 0 Å². The Kier molecular flexibility index (Phi) is 5.99. The topological polar surface area (TPSA) is 24.9 Å². The Balaban J connectivity index is 1.62. The third-order valence-corrected chi connectivity index (χ3v) is 4.84. The second-order valence-corrected chi connectivity index (χ2v) is 7.12. The van der Waals surface area contributed by atoms with Gasteiger partial charge in [0.05, 0.1) is 5.03 Å². The van der Waals surface area contributed by atoms with Crippen molar-refractivity contribution in [3.63, 3.8) is 0 Å². The summed E-state index contributed by atoms with van der Waals surface area (Å²) in [5.74, 6) is 2.00. The number of rotatable bonds is 5. The summed E-state index contributed by atoms with van der Waals surface area (Å²) >= 11 is 5.22. The molecule has 0 saturated heterocycles. The van der Waals surface area contributed by atoms with Crippen LogP contribution in [-0.4, -0.2) is 23.3 Å². The average molecular weight is 329 g/mol. The van der Waals surface area contributed by atoms with Crippen LogP contribution in [0.1, 0.15) is 32.6 Å². The van der Waals surface area contributed by atoms with Gasteiger partial charge in [0, 0.05) is 29.0 Å². The first kappa shape index (κ1) is 14.4. The van der Waals surface area contributed by atoms with Gasteiger partial charge in [0.1, 0.15) is 0 Å². The molecule has 0 bridgehead atoms. The number of nitrogens with zero attached hydrogens (tertiary/aromatic N) is 1. The highest BCUT2D eigenvalue weighted by Crippen LogP contribution is 2.23. The number of halogens is 1. The maximum absolute atomic E-state index is 4.36. The van der Waals surface area contributed by atoms with Gasteiger partial charge < -0.3 is 5.32 Å². The number of thioether (sulfide) groups is 1. The van der Waals surface area contributed by atoms with Crippen LogP contribution in [0.25, 0.3) is 0 Å². The van der Waals surface area contributed by atoms with Crippen LogP contribution >= 0.6 is 27.7 Å². The van der Waals surface area contributed by atoms with Crippen molar-refractivity contribution in [1.82, 2.24) is 10.3 Å². The van der Waals surface area contributed by atoms with Crippen molar-refractivity contribution in [2.24, 2.45) is 5.92 Å². The Hall–Kier alpha value is -0.0600. The molecule has 0 spiro atoms. The summed E-state index contributed by atoms with van der Waals surface area (Å²) in [5.41, 5.74) is 0. The molecular formula is C14H21BrN2S. The van der Waals surface area contributed by atoms with Gasteiger partial charge in [-0.25, -0.2) is 4.98 Å². The molecule has 4 heteroatoms. The normalized spacial score (nSPS) is 24.1. The summed E-state index contributed by atoms with van der Waals surface area (Å²) in [4.78, 5) is 4.36. The van der Waals surface area contributed by atoms with Crippen molar-refractivity contribution in [2.75, 3.05) is 12.3 Å². The molecule has 0 radical (unpaired) electrons. The van der Waals surface area contributed by atoms with Crippen molar-refractivity contribution in [3.8, 4) is 0 Å².